The van der Waals surface area contributed by atoms with E-state index in [-0.39, 0.29) is 0 Å². The molecule has 0 aliphatic rings. The Balaban J connectivity index is 1.59. The first-order valence-corrected chi connectivity index (χ1v) is 8.74. The molecule has 0 fully saturated rings. The van der Waals surface area contributed by atoms with E-state index < -0.39 is 0 Å². The lowest BCUT2D eigenvalue weighted by atomic mass is 10.2. The summed E-state index contributed by atoms with van der Waals surface area (Å²) in [5.74, 6) is 0.959. The fraction of sp³-hybridized carbons (Fsp3) is 0.167. The minimum Gasteiger partial charge on any atom is -0.324 e. The smallest absolute Gasteiger partial charge is 0.140 e. The molecule has 0 atom stereocenters. The molecule has 0 bridgehead atoms. The molecule has 5 nitrogen and oxygen atoms in total. The van der Waals surface area contributed by atoms with Gasteiger partial charge in [-0.3, -0.25) is 0 Å². The fourth-order valence-corrected chi connectivity index (χ4v) is 3.50. The van der Waals surface area contributed by atoms with Gasteiger partial charge in [-0.05, 0) is 30.7 Å². The highest BCUT2D eigenvalue weighted by molar-refractivity contribution is 7.09. The lowest BCUT2D eigenvalue weighted by molar-refractivity contribution is 0.794. The van der Waals surface area contributed by atoms with Gasteiger partial charge in [0.05, 0.1) is 18.6 Å². The molecule has 0 spiro atoms. The van der Waals surface area contributed by atoms with Crippen molar-refractivity contribution in [2.75, 3.05) is 0 Å². The van der Waals surface area contributed by atoms with Crippen LogP contribution in [0.2, 0.25) is 0 Å². The second kappa shape index (κ2) is 6.41. The van der Waals surface area contributed by atoms with Gasteiger partial charge in [-0.25, -0.2) is 15.0 Å². The predicted molar refractivity (Wildman–Crippen MR) is 95.4 cm³/mol. The Morgan fingerprint density at radius 3 is 2.67 bits per heavy atom. The summed E-state index contributed by atoms with van der Waals surface area (Å²) in [6, 6.07) is 8.34. The Kier molecular flexibility index (Phi) is 3.96. The van der Waals surface area contributed by atoms with Crippen molar-refractivity contribution < 1.29 is 0 Å². The molecule has 0 N–H and O–H groups in total. The van der Waals surface area contributed by atoms with E-state index in [9.17, 15) is 0 Å². The molecular weight excluding hydrogens is 318 g/mol. The number of thiazole rings is 1. The maximum absolute atomic E-state index is 4.65. The number of hydrogen-bond donors (Lipinski definition) is 0. The predicted octanol–water partition coefficient (Wildman–Crippen LogP) is 3.80. The topological polar surface area (TPSA) is 48.5 Å². The standard InChI is InChI=1S/C18H17N5S/c1-2-15-12-24-17(21-15)11-22-10-8-20-18(22)14-3-5-16(6-4-14)23-9-7-19-13-23/h3-10,12-13H,2,11H2,1H3. The highest BCUT2D eigenvalue weighted by Gasteiger charge is 2.09. The number of imidazole rings is 2. The van der Waals surface area contributed by atoms with Crippen molar-refractivity contribution in [3.05, 3.63) is 71.5 Å². The highest BCUT2D eigenvalue weighted by Crippen LogP contribution is 2.21. The van der Waals surface area contributed by atoms with Crippen molar-refractivity contribution in [1.29, 1.82) is 0 Å². The van der Waals surface area contributed by atoms with Gasteiger partial charge in [-0.15, -0.1) is 11.3 Å². The van der Waals surface area contributed by atoms with Gasteiger partial charge in [-0.2, -0.15) is 0 Å². The third kappa shape index (κ3) is 2.88. The van der Waals surface area contributed by atoms with E-state index in [4.69, 9.17) is 0 Å². The zero-order valence-corrected chi connectivity index (χ0v) is 14.1. The lowest BCUT2D eigenvalue weighted by Gasteiger charge is -2.07. The van der Waals surface area contributed by atoms with Gasteiger partial charge in [0.1, 0.15) is 10.8 Å². The van der Waals surface area contributed by atoms with Crippen molar-refractivity contribution in [1.82, 2.24) is 24.1 Å². The largest absolute Gasteiger partial charge is 0.324 e. The molecule has 24 heavy (non-hydrogen) atoms. The Hall–Kier alpha value is -2.73. The molecular formula is C18H17N5S. The zero-order chi connectivity index (χ0) is 16.4. The van der Waals surface area contributed by atoms with Crippen LogP contribution in [0.4, 0.5) is 0 Å². The van der Waals surface area contributed by atoms with Gasteiger partial charge in [0.2, 0.25) is 0 Å². The third-order valence-corrected chi connectivity index (χ3v) is 4.79. The normalized spacial score (nSPS) is 11.0. The maximum Gasteiger partial charge on any atom is 0.140 e. The molecule has 4 rings (SSSR count). The molecule has 0 saturated carbocycles. The number of benzene rings is 1. The van der Waals surface area contributed by atoms with Crippen molar-refractivity contribution in [3.8, 4) is 17.1 Å². The molecule has 0 radical (unpaired) electrons. The first kappa shape index (κ1) is 14.8. The van der Waals surface area contributed by atoms with Crippen LogP contribution in [0, 0.1) is 0 Å². The number of nitrogens with zero attached hydrogens (tertiary/aromatic N) is 5. The summed E-state index contributed by atoms with van der Waals surface area (Å²) in [4.78, 5) is 13.3. The van der Waals surface area contributed by atoms with Crippen LogP contribution in [0.15, 0.2) is 60.8 Å². The van der Waals surface area contributed by atoms with Gasteiger partial charge in [-0.1, -0.05) is 6.92 Å². The molecule has 4 aromatic rings. The quantitative estimate of drug-likeness (QED) is 0.557. The van der Waals surface area contributed by atoms with E-state index in [1.165, 1.54) is 0 Å². The van der Waals surface area contributed by atoms with Crippen molar-refractivity contribution in [2.24, 2.45) is 0 Å². The van der Waals surface area contributed by atoms with Crippen molar-refractivity contribution >= 4 is 11.3 Å². The summed E-state index contributed by atoms with van der Waals surface area (Å²) in [5.41, 5.74) is 3.33. The van der Waals surface area contributed by atoms with E-state index in [1.807, 2.05) is 23.2 Å². The average molecular weight is 335 g/mol. The summed E-state index contributed by atoms with van der Waals surface area (Å²) in [6.07, 6.45) is 10.3. The number of aryl methyl sites for hydroxylation is 1. The minimum atomic E-state index is 0.753. The number of aromatic nitrogens is 5. The Bertz CT molecular complexity index is 919. The molecule has 6 heteroatoms. The Morgan fingerprint density at radius 2 is 1.96 bits per heavy atom. The van der Waals surface area contributed by atoms with Gasteiger partial charge >= 0.3 is 0 Å². The molecule has 3 aromatic heterocycles. The minimum absolute atomic E-state index is 0.753. The lowest BCUT2D eigenvalue weighted by Crippen LogP contribution is -2.01. The van der Waals surface area contributed by atoms with E-state index in [2.05, 4.69) is 56.1 Å². The van der Waals surface area contributed by atoms with Crippen LogP contribution in [-0.2, 0) is 13.0 Å². The molecule has 3 heterocycles. The second-order valence-corrected chi connectivity index (χ2v) is 6.42. The SMILES string of the molecule is CCc1csc(Cn2ccnc2-c2ccc(-n3ccnc3)cc2)n1. The van der Waals surface area contributed by atoms with Gasteiger partial charge < -0.3 is 9.13 Å². The van der Waals surface area contributed by atoms with E-state index in [0.717, 1.165) is 40.7 Å². The Labute approximate surface area is 144 Å². The summed E-state index contributed by atoms with van der Waals surface area (Å²) in [7, 11) is 0. The first-order valence-electron chi connectivity index (χ1n) is 7.86. The average Bonchev–Trinajstić information content (AvgIpc) is 3.37. The van der Waals surface area contributed by atoms with Gasteiger partial charge in [0, 0.05) is 41.4 Å². The van der Waals surface area contributed by atoms with Crippen LogP contribution in [0.25, 0.3) is 17.1 Å². The fourth-order valence-electron chi connectivity index (χ4n) is 2.62. The summed E-state index contributed by atoms with van der Waals surface area (Å²) in [5, 5.41) is 3.24. The zero-order valence-electron chi connectivity index (χ0n) is 13.3. The van der Waals surface area contributed by atoms with E-state index in [0.29, 0.717) is 0 Å². The van der Waals surface area contributed by atoms with Crippen LogP contribution < -0.4 is 0 Å². The molecule has 0 saturated heterocycles. The van der Waals surface area contributed by atoms with E-state index >= 15 is 0 Å². The second-order valence-electron chi connectivity index (χ2n) is 5.48. The van der Waals surface area contributed by atoms with Crippen LogP contribution >= 0.6 is 11.3 Å². The van der Waals surface area contributed by atoms with Gasteiger partial charge in [0.25, 0.3) is 0 Å². The monoisotopic (exact) mass is 335 g/mol. The molecule has 0 amide bonds. The van der Waals surface area contributed by atoms with Gasteiger partial charge in [0.15, 0.2) is 0 Å². The highest BCUT2D eigenvalue weighted by atomic mass is 32.1. The molecule has 120 valence electrons. The summed E-state index contributed by atoms with van der Waals surface area (Å²) >= 11 is 1.71. The van der Waals surface area contributed by atoms with Crippen LogP contribution in [0.1, 0.15) is 17.6 Å². The van der Waals surface area contributed by atoms with Crippen LogP contribution in [0.5, 0.6) is 0 Å². The summed E-state index contributed by atoms with van der Waals surface area (Å²) in [6.45, 7) is 2.88. The Morgan fingerprint density at radius 1 is 1.08 bits per heavy atom. The molecule has 1 aromatic carbocycles. The number of hydrogen-bond acceptors (Lipinski definition) is 4. The molecule has 0 unspecified atom stereocenters. The molecule has 0 aliphatic carbocycles. The summed E-state index contributed by atoms with van der Waals surface area (Å²) < 4.78 is 4.13. The third-order valence-electron chi connectivity index (χ3n) is 3.91. The first-order chi connectivity index (χ1) is 11.8. The van der Waals surface area contributed by atoms with Crippen molar-refractivity contribution in [2.45, 2.75) is 19.9 Å². The van der Waals surface area contributed by atoms with Crippen LogP contribution in [0.3, 0.4) is 0 Å². The maximum atomic E-state index is 4.65. The van der Waals surface area contributed by atoms with E-state index in [1.54, 1.807) is 23.9 Å². The van der Waals surface area contributed by atoms with Crippen LogP contribution in [-0.4, -0.2) is 24.1 Å². The van der Waals surface area contributed by atoms with Crippen molar-refractivity contribution in [3.63, 3.8) is 0 Å². The molecule has 0 aliphatic heterocycles. The number of rotatable bonds is 5.